The zero-order valence-corrected chi connectivity index (χ0v) is 13.3. The van der Waals surface area contributed by atoms with E-state index in [1.54, 1.807) is 0 Å². The van der Waals surface area contributed by atoms with Gasteiger partial charge in [-0.15, -0.1) is 11.3 Å². The first kappa shape index (κ1) is 15.7. The van der Waals surface area contributed by atoms with E-state index >= 15 is 0 Å². The topological polar surface area (TPSA) is 15.3 Å². The van der Waals surface area contributed by atoms with E-state index in [9.17, 15) is 0 Å². The molecule has 0 aliphatic carbocycles. The van der Waals surface area contributed by atoms with E-state index in [4.69, 9.17) is 0 Å². The molecule has 1 heterocycles. The Morgan fingerprint density at radius 2 is 2.00 bits per heavy atom. The molecule has 3 heteroatoms. The Hall–Kier alpha value is -0.380. The highest BCUT2D eigenvalue weighted by atomic mass is 32.1. The third-order valence-electron chi connectivity index (χ3n) is 3.56. The number of hydrogen-bond acceptors (Lipinski definition) is 3. The van der Waals surface area contributed by atoms with Gasteiger partial charge in [0, 0.05) is 17.0 Å². The lowest BCUT2D eigenvalue weighted by atomic mass is 10.2. The number of thiophene rings is 1. The Labute approximate surface area is 116 Å². The van der Waals surface area contributed by atoms with Crippen molar-refractivity contribution in [1.29, 1.82) is 0 Å². The van der Waals surface area contributed by atoms with Crippen molar-refractivity contribution in [2.45, 2.75) is 52.6 Å². The Morgan fingerprint density at radius 1 is 1.28 bits per heavy atom. The fourth-order valence-electron chi connectivity index (χ4n) is 1.98. The highest BCUT2D eigenvalue weighted by molar-refractivity contribution is 7.10. The summed E-state index contributed by atoms with van der Waals surface area (Å²) in [5.74, 6) is 0. The third-order valence-corrected chi connectivity index (χ3v) is 4.77. The van der Waals surface area contributed by atoms with Crippen molar-refractivity contribution in [2.24, 2.45) is 0 Å². The van der Waals surface area contributed by atoms with Gasteiger partial charge in [-0.3, -0.25) is 0 Å². The molecular formula is C15H28N2S. The molecule has 0 spiro atoms. The number of nitrogens with zero attached hydrogens (tertiary/aromatic N) is 1. The van der Waals surface area contributed by atoms with Gasteiger partial charge in [0.15, 0.2) is 0 Å². The summed E-state index contributed by atoms with van der Waals surface area (Å²) < 4.78 is 0. The predicted octanol–water partition coefficient (Wildman–Crippen LogP) is 3.83. The van der Waals surface area contributed by atoms with Gasteiger partial charge >= 0.3 is 0 Å². The number of unbranched alkanes of at least 4 members (excludes halogenated alkanes) is 1. The molecule has 1 aromatic rings. The molecule has 0 aliphatic heterocycles. The second-order valence-corrected chi connectivity index (χ2v) is 6.37. The summed E-state index contributed by atoms with van der Waals surface area (Å²) in [6.07, 6.45) is 2.53. The zero-order chi connectivity index (χ0) is 13.5. The summed E-state index contributed by atoms with van der Waals surface area (Å²) in [6, 6.07) is 3.36. The molecule has 1 N–H and O–H groups in total. The van der Waals surface area contributed by atoms with E-state index < -0.39 is 0 Å². The van der Waals surface area contributed by atoms with Crippen LogP contribution in [-0.2, 0) is 0 Å². The normalized spacial score (nSPS) is 13.5. The van der Waals surface area contributed by atoms with Gasteiger partial charge in [0.2, 0.25) is 0 Å². The van der Waals surface area contributed by atoms with Crippen molar-refractivity contribution in [3.05, 3.63) is 21.9 Å². The van der Waals surface area contributed by atoms with Crippen molar-refractivity contribution in [3.63, 3.8) is 0 Å². The van der Waals surface area contributed by atoms with Crippen molar-refractivity contribution >= 4 is 11.3 Å². The van der Waals surface area contributed by atoms with Crippen LogP contribution in [0.2, 0.25) is 0 Å². The molecule has 2 nitrogen and oxygen atoms in total. The minimum absolute atomic E-state index is 0.493. The van der Waals surface area contributed by atoms with E-state index in [1.807, 2.05) is 11.3 Å². The Kier molecular flexibility index (Phi) is 6.90. The SMILES string of the molecule is Cc1ccsc1C(C)NCCCCN(C)C(C)C. The van der Waals surface area contributed by atoms with E-state index in [0.717, 1.165) is 6.54 Å². The molecule has 104 valence electrons. The molecule has 18 heavy (non-hydrogen) atoms. The lowest BCUT2D eigenvalue weighted by molar-refractivity contribution is 0.267. The first-order valence-corrected chi connectivity index (χ1v) is 7.88. The molecule has 1 atom stereocenters. The van der Waals surface area contributed by atoms with Crippen molar-refractivity contribution in [2.75, 3.05) is 20.1 Å². The highest BCUT2D eigenvalue weighted by Crippen LogP contribution is 2.23. The first-order valence-electron chi connectivity index (χ1n) is 7.00. The van der Waals surface area contributed by atoms with Crippen LogP contribution in [-0.4, -0.2) is 31.1 Å². The minimum Gasteiger partial charge on any atom is -0.309 e. The van der Waals surface area contributed by atoms with Gasteiger partial charge < -0.3 is 10.2 Å². The fourth-order valence-corrected chi connectivity index (χ4v) is 2.94. The smallest absolute Gasteiger partial charge is 0.0388 e. The summed E-state index contributed by atoms with van der Waals surface area (Å²) in [7, 11) is 2.20. The van der Waals surface area contributed by atoms with Crippen molar-refractivity contribution in [3.8, 4) is 0 Å². The first-order chi connectivity index (χ1) is 8.52. The maximum absolute atomic E-state index is 3.62. The summed E-state index contributed by atoms with van der Waals surface area (Å²) >= 11 is 1.86. The Morgan fingerprint density at radius 3 is 2.56 bits per heavy atom. The predicted molar refractivity (Wildman–Crippen MR) is 82.5 cm³/mol. The van der Waals surface area contributed by atoms with Gasteiger partial charge in [-0.25, -0.2) is 0 Å². The molecule has 0 saturated heterocycles. The summed E-state index contributed by atoms with van der Waals surface area (Å²) in [5, 5.41) is 5.80. The van der Waals surface area contributed by atoms with Gasteiger partial charge in [0.05, 0.1) is 0 Å². The van der Waals surface area contributed by atoms with E-state index in [2.05, 4.69) is 56.4 Å². The zero-order valence-electron chi connectivity index (χ0n) is 12.5. The van der Waals surface area contributed by atoms with Crippen LogP contribution in [0.3, 0.4) is 0 Å². The number of rotatable bonds is 8. The van der Waals surface area contributed by atoms with Crippen LogP contribution in [0.1, 0.15) is 50.1 Å². The molecule has 0 fully saturated rings. The molecule has 0 aromatic carbocycles. The van der Waals surface area contributed by atoms with Crippen LogP contribution in [0.5, 0.6) is 0 Å². The molecule has 0 saturated carbocycles. The molecular weight excluding hydrogens is 240 g/mol. The van der Waals surface area contributed by atoms with Crippen LogP contribution >= 0.6 is 11.3 Å². The maximum Gasteiger partial charge on any atom is 0.0388 e. The van der Waals surface area contributed by atoms with Gasteiger partial charge in [-0.2, -0.15) is 0 Å². The average Bonchev–Trinajstić information content (AvgIpc) is 2.74. The van der Waals surface area contributed by atoms with E-state index in [0.29, 0.717) is 12.1 Å². The van der Waals surface area contributed by atoms with Crippen LogP contribution in [0.15, 0.2) is 11.4 Å². The summed E-state index contributed by atoms with van der Waals surface area (Å²) in [6.45, 7) is 11.3. The van der Waals surface area contributed by atoms with Crippen LogP contribution < -0.4 is 5.32 Å². The lowest BCUT2D eigenvalue weighted by Gasteiger charge is -2.21. The maximum atomic E-state index is 3.62. The van der Waals surface area contributed by atoms with Gasteiger partial charge in [-0.1, -0.05) is 0 Å². The van der Waals surface area contributed by atoms with Crippen LogP contribution in [0, 0.1) is 6.92 Å². The number of aryl methyl sites for hydroxylation is 1. The van der Waals surface area contributed by atoms with Gasteiger partial charge in [0.1, 0.15) is 0 Å². The van der Waals surface area contributed by atoms with Crippen molar-refractivity contribution < 1.29 is 0 Å². The highest BCUT2D eigenvalue weighted by Gasteiger charge is 2.08. The number of nitrogens with one attached hydrogen (secondary N) is 1. The average molecular weight is 268 g/mol. The van der Waals surface area contributed by atoms with Crippen LogP contribution in [0.25, 0.3) is 0 Å². The Bertz CT molecular complexity index is 333. The molecule has 0 radical (unpaired) electrons. The fraction of sp³-hybridized carbons (Fsp3) is 0.733. The van der Waals surface area contributed by atoms with Gasteiger partial charge in [-0.05, 0) is 77.7 Å². The molecule has 0 aliphatic rings. The molecule has 0 bridgehead atoms. The third kappa shape index (κ3) is 5.09. The quantitative estimate of drug-likeness (QED) is 0.721. The molecule has 1 aromatic heterocycles. The second kappa shape index (κ2) is 7.93. The molecule has 1 rings (SSSR count). The van der Waals surface area contributed by atoms with Crippen molar-refractivity contribution in [1.82, 2.24) is 10.2 Å². The molecule has 0 amide bonds. The largest absolute Gasteiger partial charge is 0.309 e. The standard InChI is InChI=1S/C15H28N2S/c1-12(2)17(5)10-7-6-9-16-14(4)15-13(3)8-11-18-15/h8,11-12,14,16H,6-7,9-10H2,1-5H3. The van der Waals surface area contributed by atoms with Crippen LogP contribution in [0.4, 0.5) is 0 Å². The summed E-state index contributed by atoms with van der Waals surface area (Å²) in [4.78, 5) is 3.89. The van der Waals surface area contributed by atoms with Gasteiger partial charge in [0.25, 0.3) is 0 Å². The van der Waals surface area contributed by atoms with E-state index in [1.165, 1.54) is 29.8 Å². The summed E-state index contributed by atoms with van der Waals surface area (Å²) in [5.41, 5.74) is 1.42. The lowest BCUT2D eigenvalue weighted by Crippen LogP contribution is -2.28. The monoisotopic (exact) mass is 268 g/mol. The second-order valence-electron chi connectivity index (χ2n) is 5.43. The molecule has 1 unspecified atom stereocenters. The minimum atomic E-state index is 0.493. The van der Waals surface area contributed by atoms with E-state index in [-0.39, 0.29) is 0 Å². The number of hydrogen-bond donors (Lipinski definition) is 1. The Balaban J connectivity index is 2.13.